The van der Waals surface area contributed by atoms with Gasteiger partial charge in [-0.05, 0) is 50.8 Å². The lowest BCUT2D eigenvalue weighted by atomic mass is 9.92. The molecule has 0 aliphatic heterocycles. The summed E-state index contributed by atoms with van der Waals surface area (Å²) in [6.45, 7) is 3.37. The number of ether oxygens (including phenoxy) is 1. The normalized spacial score (nSPS) is 14.4. The molecule has 0 unspecified atom stereocenters. The van der Waals surface area contributed by atoms with Gasteiger partial charge in [-0.1, -0.05) is 50.7 Å². The van der Waals surface area contributed by atoms with E-state index in [1.54, 1.807) is 26.0 Å². The molecule has 0 radical (unpaired) electrons. The Morgan fingerprint density at radius 3 is 2.21 bits per heavy atom. The number of phenols is 1. The van der Waals surface area contributed by atoms with Crippen LogP contribution in [0.3, 0.4) is 0 Å². The van der Waals surface area contributed by atoms with Crippen LogP contribution < -0.4 is 0 Å². The summed E-state index contributed by atoms with van der Waals surface area (Å²) in [7, 11) is 0. The number of rotatable bonds is 15. The number of aryl methyl sites for hydroxylation is 1. The fraction of sp³-hybridized carbons (Fsp3) is 0.696. The van der Waals surface area contributed by atoms with Crippen LogP contribution >= 0.6 is 0 Å². The second-order valence-electron chi connectivity index (χ2n) is 8.12. The SMILES string of the molecule is C[C@@H](C[C@](C)(O)CCCCCCCCCc1ccc(O)cc1)OC(=O)CCO. The third kappa shape index (κ3) is 12.0. The molecule has 5 heteroatoms. The molecule has 0 aliphatic rings. The lowest BCUT2D eigenvalue weighted by Crippen LogP contribution is -2.31. The van der Waals surface area contributed by atoms with Gasteiger partial charge >= 0.3 is 5.97 Å². The molecule has 160 valence electrons. The van der Waals surface area contributed by atoms with Crippen molar-refractivity contribution in [2.45, 2.75) is 96.2 Å². The number of esters is 1. The van der Waals surface area contributed by atoms with E-state index in [0.717, 1.165) is 19.3 Å². The van der Waals surface area contributed by atoms with Gasteiger partial charge in [0, 0.05) is 6.42 Å². The van der Waals surface area contributed by atoms with E-state index in [0.29, 0.717) is 18.6 Å². The number of benzene rings is 1. The zero-order valence-electron chi connectivity index (χ0n) is 17.5. The fourth-order valence-corrected chi connectivity index (χ4v) is 3.52. The van der Waals surface area contributed by atoms with Gasteiger partial charge in [0.05, 0.1) is 18.6 Å². The van der Waals surface area contributed by atoms with Gasteiger partial charge < -0.3 is 20.1 Å². The number of aromatic hydroxyl groups is 1. The van der Waals surface area contributed by atoms with Crippen molar-refractivity contribution in [3.8, 4) is 5.75 Å². The highest BCUT2D eigenvalue weighted by molar-refractivity contribution is 5.69. The lowest BCUT2D eigenvalue weighted by molar-refractivity contribution is -0.151. The summed E-state index contributed by atoms with van der Waals surface area (Å²) in [5, 5.41) is 28.5. The lowest BCUT2D eigenvalue weighted by Gasteiger charge is -2.26. The molecule has 1 aromatic rings. The first-order valence-corrected chi connectivity index (χ1v) is 10.6. The minimum Gasteiger partial charge on any atom is -0.508 e. The Balaban J connectivity index is 2.01. The molecule has 3 N–H and O–H groups in total. The number of hydrogen-bond acceptors (Lipinski definition) is 5. The Kier molecular flexibility index (Phi) is 11.8. The van der Waals surface area contributed by atoms with Crippen LogP contribution in [0, 0.1) is 0 Å². The van der Waals surface area contributed by atoms with Crippen LogP contribution in [0.4, 0.5) is 0 Å². The molecule has 0 heterocycles. The van der Waals surface area contributed by atoms with Crippen LogP contribution in [0.2, 0.25) is 0 Å². The minimum absolute atomic E-state index is 0.00141. The van der Waals surface area contributed by atoms with Gasteiger partial charge in [-0.3, -0.25) is 4.79 Å². The molecule has 0 fully saturated rings. The third-order valence-electron chi connectivity index (χ3n) is 4.99. The number of aliphatic hydroxyl groups is 2. The Labute approximate surface area is 169 Å². The van der Waals surface area contributed by atoms with E-state index in [1.807, 2.05) is 12.1 Å². The van der Waals surface area contributed by atoms with E-state index < -0.39 is 11.6 Å². The Bertz CT molecular complexity index is 538. The van der Waals surface area contributed by atoms with Crippen molar-refractivity contribution in [1.82, 2.24) is 0 Å². The monoisotopic (exact) mass is 394 g/mol. The maximum Gasteiger partial charge on any atom is 0.308 e. The third-order valence-corrected chi connectivity index (χ3v) is 4.99. The molecule has 28 heavy (non-hydrogen) atoms. The Morgan fingerprint density at radius 1 is 1.04 bits per heavy atom. The van der Waals surface area contributed by atoms with E-state index >= 15 is 0 Å². The highest BCUT2D eigenvalue weighted by Gasteiger charge is 2.24. The summed E-state index contributed by atoms with van der Waals surface area (Å²) >= 11 is 0. The Morgan fingerprint density at radius 2 is 1.61 bits per heavy atom. The summed E-state index contributed by atoms with van der Waals surface area (Å²) < 4.78 is 5.18. The molecule has 1 rings (SSSR count). The van der Waals surface area contributed by atoms with Crippen molar-refractivity contribution in [3.63, 3.8) is 0 Å². The van der Waals surface area contributed by atoms with Gasteiger partial charge in [-0.2, -0.15) is 0 Å². The van der Waals surface area contributed by atoms with Crippen LogP contribution in [0.25, 0.3) is 0 Å². The van der Waals surface area contributed by atoms with E-state index in [9.17, 15) is 15.0 Å². The second-order valence-corrected chi connectivity index (χ2v) is 8.12. The maximum atomic E-state index is 11.4. The van der Waals surface area contributed by atoms with Gasteiger partial charge in [0.25, 0.3) is 0 Å². The molecule has 0 aliphatic carbocycles. The smallest absolute Gasteiger partial charge is 0.308 e. The first kappa shape index (κ1) is 24.4. The molecule has 0 saturated carbocycles. The van der Waals surface area contributed by atoms with Crippen LogP contribution in [0.15, 0.2) is 24.3 Å². The van der Waals surface area contributed by atoms with E-state index in [-0.39, 0.29) is 19.1 Å². The first-order valence-electron chi connectivity index (χ1n) is 10.6. The van der Waals surface area contributed by atoms with Crippen LogP contribution in [-0.2, 0) is 16.0 Å². The van der Waals surface area contributed by atoms with E-state index in [4.69, 9.17) is 9.84 Å². The zero-order chi connectivity index (χ0) is 20.8. The minimum atomic E-state index is -0.830. The van der Waals surface area contributed by atoms with Crippen molar-refractivity contribution < 1.29 is 24.9 Å². The summed E-state index contributed by atoms with van der Waals surface area (Å²) in [6, 6.07) is 7.44. The van der Waals surface area contributed by atoms with Gasteiger partial charge in [0.2, 0.25) is 0 Å². The van der Waals surface area contributed by atoms with Crippen molar-refractivity contribution in [1.29, 1.82) is 0 Å². The maximum absolute atomic E-state index is 11.4. The van der Waals surface area contributed by atoms with Crippen molar-refractivity contribution >= 4 is 5.97 Å². The summed E-state index contributed by atoms with van der Waals surface area (Å²) in [5.74, 6) is -0.101. The second kappa shape index (κ2) is 13.6. The van der Waals surface area contributed by atoms with Crippen molar-refractivity contribution in [2.75, 3.05) is 6.61 Å². The summed E-state index contributed by atoms with van der Waals surface area (Å²) in [6.07, 6.45) is 9.92. The highest BCUT2D eigenvalue weighted by atomic mass is 16.5. The summed E-state index contributed by atoms with van der Waals surface area (Å²) in [4.78, 5) is 11.4. The number of carbonyl (C=O) groups excluding carboxylic acids is 1. The van der Waals surface area contributed by atoms with Crippen LogP contribution in [0.5, 0.6) is 5.75 Å². The average molecular weight is 395 g/mol. The topological polar surface area (TPSA) is 87.0 Å². The van der Waals surface area contributed by atoms with E-state index in [1.165, 1.54) is 37.7 Å². The molecule has 0 bridgehead atoms. The molecule has 0 spiro atoms. The van der Waals surface area contributed by atoms with Crippen molar-refractivity contribution in [3.05, 3.63) is 29.8 Å². The van der Waals surface area contributed by atoms with Crippen molar-refractivity contribution in [2.24, 2.45) is 0 Å². The predicted octanol–water partition coefficient (Wildman–Crippen LogP) is 4.51. The van der Waals surface area contributed by atoms with Crippen LogP contribution in [0.1, 0.15) is 83.6 Å². The van der Waals surface area contributed by atoms with Gasteiger partial charge in [0.1, 0.15) is 11.9 Å². The van der Waals surface area contributed by atoms with Gasteiger partial charge in [-0.25, -0.2) is 0 Å². The first-order chi connectivity index (χ1) is 13.3. The molecule has 0 aromatic heterocycles. The largest absolute Gasteiger partial charge is 0.508 e. The Hall–Kier alpha value is -1.59. The summed E-state index contributed by atoms with van der Waals surface area (Å²) in [5.41, 5.74) is 0.444. The molecule has 2 atom stereocenters. The van der Waals surface area contributed by atoms with Gasteiger partial charge in [0.15, 0.2) is 0 Å². The number of unbranched alkanes of at least 4 members (excludes halogenated alkanes) is 6. The number of phenolic OH excluding ortho intramolecular Hbond substituents is 1. The van der Waals surface area contributed by atoms with Crippen LogP contribution in [-0.4, -0.2) is 39.6 Å². The fourth-order valence-electron chi connectivity index (χ4n) is 3.52. The number of aliphatic hydroxyl groups excluding tert-OH is 1. The van der Waals surface area contributed by atoms with Gasteiger partial charge in [-0.15, -0.1) is 0 Å². The molecular formula is C23H38O5. The zero-order valence-corrected chi connectivity index (χ0v) is 17.5. The molecule has 5 nitrogen and oxygen atoms in total. The highest BCUT2D eigenvalue weighted by Crippen LogP contribution is 2.22. The molecular weight excluding hydrogens is 356 g/mol. The molecule has 0 saturated heterocycles. The van der Waals surface area contributed by atoms with E-state index in [2.05, 4.69) is 0 Å². The molecule has 0 amide bonds. The molecule has 1 aromatic carbocycles. The standard InChI is InChI=1S/C23H38O5/c1-19(28-22(26)15-17-24)18-23(2,27)16-9-7-5-3-4-6-8-10-20-11-13-21(25)14-12-20/h11-14,19,24-25,27H,3-10,15-18H2,1-2H3/t19-,23+/m0/s1. The number of hydrogen-bond donors (Lipinski definition) is 3. The average Bonchev–Trinajstić information content (AvgIpc) is 2.61. The number of carbonyl (C=O) groups is 1. The predicted molar refractivity (Wildman–Crippen MR) is 111 cm³/mol. The quantitative estimate of drug-likeness (QED) is 0.301.